The van der Waals surface area contributed by atoms with Gasteiger partial charge in [0.25, 0.3) is 0 Å². The van der Waals surface area contributed by atoms with Crippen LogP contribution in [-0.4, -0.2) is 44.3 Å². The molecule has 0 aliphatic carbocycles. The summed E-state index contributed by atoms with van der Waals surface area (Å²) < 4.78 is 9.79. The Labute approximate surface area is 106 Å². The first kappa shape index (κ1) is 14.3. The maximum Gasteiger partial charge on any atom is 0.406 e. The summed E-state index contributed by atoms with van der Waals surface area (Å²) >= 11 is 1.21. The van der Waals surface area contributed by atoms with E-state index in [9.17, 15) is 9.59 Å². The summed E-state index contributed by atoms with van der Waals surface area (Å²) in [4.78, 5) is 22.9. The van der Waals surface area contributed by atoms with Crippen LogP contribution in [0.2, 0.25) is 0 Å². The van der Waals surface area contributed by atoms with Gasteiger partial charge in [0.2, 0.25) is 0 Å². The Hall–Kier alpha value is -0.750. The van der Waals surface area contributed by atoms with E-state index in [-0.39, 0.29) is 11.0 Å². The second-order valence-electron chi connectivity index (χ2n) is 3.95. The first-order chi connectivity index (χ1) is 8.19. The van der Waals surface area contributed by atoms with Crippen LogP contribution in [0, 0.1) is 11.8 Å². The smallest absolute Gasteiger partial charge is 0.406 e. The van der Waals surface area contributed by atoms with Crippen LogP contribution in [0.15, 0.2) is 0 Å². The largest absolute Gasteiger partial charge is 0.453 e. The summed E-state index contributed by atoms with van der Waals surface area (Å²) in [7, 11) is 1.31. The highest BCUT2D eigenvalue weighted by Gasteiger charge is 2.29. The Morgan fingerprint density at radius 1 is 1.47 bits per heavy atom. The average Bonchev–Trinajstić information content (AvgIpc) is 2.39. The van der Waals surface area contributed by atoms with Crippen molar-refractivity contribution in [3.8, 4) is 0 Å². The van der Waals surface area contributed by atoms with Crippen LogP contribution < -0.4 is 5.32 Å². The van der Waals surface area contributed by atoms with Gasteiger partial charge >= 0.3 is 6.09 Å². The molecule has 0 aromatic carbocycles. The van der Waals surface area contributed by atoms with Gasteiger partial charge in [0, 0.05) is 25.7 Å². The predicted octanol–water partition coefficient (Wildman–Crippen LogP) is 1.27. The van der Waals surface area contributed by atoms with E-state index in [2.05, 4.69) is 10.1 Å². The lowest BCUT2D eigenvalue weighted by Crippen LogP contribution is -2.38. The molecule has 1 heterocycles. The van der Waals surface area contributed by atoms with Crippen molar-refractivity contribution in [3.05, 3.63) is 0 Å². The highest BCUT2D eigenvalue weighted by Crippen LogP contribution is 2.26. The number of methoxy groups -OCH3 is 1. The van der Waals surface area contributed by atoms with Gasteiger partial charge in [-0.3, -0.25) is 4.79 Å². The van der Waals surface area contributed by atoms with Crippen LogP contribution in [0.3, 0.4) is 0 Å². The molecule has 0 aromatic heterocycles. The molecule has 6 heteroatoms. The highest BCUT2D eigenvalue weighted by atomic mass is 32.2. The Morgan fingerprint density at radius 2 is 2.12 bits per heavy atom. The molecule has 0 spiro atoms. The normalized spacial score (nSPS) is 18.5. The fraction of sp³-hybridized carbons (Fsp3) is 0.818. The number of thioether (sulfide) groups is 1. The zero-order valence-electron chi connectivity index (χ0n) is 10.2. The summed E-state index contributed by atoms with van der Waals surface area (Å²) in [6.45, 7) is 1.74. The van der Waals surface area contributed by atoms with Crippen LogP contribution in [0.1, 0.15) is 12.8 Å². The fourth-order valence-corrected chi connectivity index (χ4v) is 2.56. The summed E-state index contributed by atoms with van der Waals surface area (Å²) in [5.41, 5.74) is 0. The van der Waals surface area contributed by atoms with Crippen LogP contribution >= 0.6 is 11.8 Å². The topological polar surface area (TPSA) is 64.6 Å². The van der Waals surface area contributed by atoms with Gasteiger partial charge in [-0.05, 0) is 25.0 Å². The molecule has 5 nitrogen and oxygen atoms in total. The Bertz CT molecular complexity index is 266. The van der Waals surface area contributed by atoms with Crippen molar-refractivity contribution in [3.63, 3.8) is 0 Å². The number of alkyl carbamates (subject to hydrolysis) is 1. The van der Waals surface area contributed by atoms with Crippen molar-refractivity contribution in [2.45, 2.75) is 12.8 Å². The number of hydrogen-bond donors (Lipinski definition) is 1. The van der Waals surface area contributed by atoms with E-state index in [1.165, 1.54) is 18.9 Å². The molecule has 1 atom stereocenters. The van der Waals surface area contributed by atoms with E-state index in [4.69, 9.17) is 4.74 Å². The van der Waals surface area contributed by atoms with E-state index in [0.717, 1.165) is 12.8 Å². The lowest BCUT2D eigenvalue weighted by molar-refractivity contribution is -0.116. The van der Waals surface area contributed by atoms with Gasteiger partial charge in [-0.25, -0.2) is 4.79 Å². The number of rotatable bonds is 4. The van der Waals surface area contributed by atoms with E-state index in [1.807, 2.05) is 0 Å². The monoisotopic (exact) mass is 261 g/mol. The molecule has 1 rings (SSSR count). The van der Waals surface area contributed by atoms with E-state index in [0.29, 0.717) is 25.7 Å². The van der Waals surface area contributed by atoms with Gasteiger partial charge in [-0.15, -0.1) is 0 Å². The van der Waals surface area contributed by atoms with Crippen molar-refractivity contribution in [1.82, 2.24) is 5.32 Å². The predicted molar refractivity (Wildman–Crippen MR) is 66.0 cm³/mol. The van der Waals surface area contributed by atoms with Crippen LogP contribution in [-0.2, 0) is 14.3 Å². The molecule has 17 heavy (non-hydrogen) atoms. The third kappa shape index (κ3) is 4.55. The van der Waals surface area contributed by atoms with Gasteiger partial charge in [-0.2, -0.15) is 0 Å². The number of nitrogens with one attached hydrogen (secondary N) is 1. The van der Waals surface area contributed by atoms with Crippen molar-refractivity contribution in [1.29, 1.82) is 0 Å². The van der Waals surface area contributed by atoms with E-state index in [1.54, 1.807) is 6.26 Å². The summed E-state index contributed by atoms with van der Waals surface area (Å²) in [5.74, 6) is 0.147. The number of carbonyl (C=O) groups excluding carboxylic acids is 2. The molecule has 1 saturated heterocycles. The van der Waals surface area contributed by atoms with Crippen molar-refractivity contribution < 1.29 is 19.1 Å². The molecule has 1 aliphatic rings. The average molecular weight is 261 g/mol. The molecule has 1 amide bonds. The number of amides is 1. The van der Waals surface area contributed by atoms with Gasteiger partial charge in [0.15, 0.2) is 5.12 Å². The zero-order valence-corrected chi connectivity index (χ0v) is 11.0. The molecule has 1 fully saturated rings. The summed E-state index contributed by atoms with van der Waals surface area (Å²) in [5, 5.41) is 2.73. The Morgan fingerprint density at radius 3 is 2.65 bits per heavy atom. The molecule has 98 valence electrons. The minimum Gasteiger partial charge on any atom is -0.453 e. The van der Waals surface area contributed by atoms with E-state index >= 15 is 0 Å². The standard InChI is InChI=1S/C11H19NO4S/c1-15-11(14)12-7-9(10(13)17-2)8-3-5-16-6-4-8/h8-9H,3-7H2,1-2H3,(H,12,14). The first-order valence-corrected chi connectivity index (χ1v) is 6.89. The molecule has 0 saturated carbocycles. The molecular formula is C11H19NO4S. The fourth-order valence-electron chi connectivity index (χ4n) is 1.98. The minimum absolute atomic E-state index is 0.119. The summed E-state index contributed by atoms with van der Waals surface area (Å²) in [6, 6.07) is 0. The SMILES string of the molecule is COC(=O)NCC(C(=O)SC)C1CCOCC1. The highest BCUT2D eigenvalue weighted by molar-refractivity contribution is 8.13. The molecular weight excluding hydrogens is 242 g/mol. The van der Waals surface area contributed by atoms with Crippen molar-refractivity contribution >= 4 is 23.0 Å². The van der Waals surface area contributed by atoms with Crippen LogP contribution in [0.5, 0.6) is 0 Å². The molecule has 0 aromatic rings. The lowest BCUT2D eigenvalue weighted by Gasteiger charge is -2.28. The van der Waals surface area contributed by atoms with Crippen LogP contribution in [0.4, 0.5) is 4.79 Å². The maximum absolute atomic E-state index is 11.8. The number of ether oxygens (including phenoxy) is 2. The molecule has 1 unspecified atom stereocenters. The van der Waals surface area contributed by atoms with E-state index < -0.39 is 6.09 Å². The van der Waals surface area contributed by atoms with Gasteiger partial charge in [0.05, 0.1) is 7.11 Å². The number of carbonyl (C=O) groups is 2. The third-order valence-electron chi connectivity index (χ3n) is 2.99. The Balaban J connectivity index is 2.53. The quantitative estimate of drug-likeness (QED) is 0.825. The minimum atomic E-state index is -0.490. The molecule has 1 aliphatic heterocycles. The Kier molecular flexibility index (Phi) is 6.36. The van der Waals surface area contributed by atoms with Gasteiger partial charge in [-0.1, -0.05) is 11.8 Å². The van der Waals surface area contributed by atoms with Gasteiger partial charge in [0.1, 0.15) is 0 Å². The number of hydrogen-bond acceptors (Lipinski definition) is 5. The molecule has 1 N–H and O–H groups in total. The zero-order chi connectivity index (χ0) is 12.7. The van der Waals surface area contributed by atoms with Crippen molar-refractivity contribution in [2.75, 3.05) is 33.1 Å². The second kappa shape index (κ2) is 7.55. The second-order valence-corrected chi connectivity index (χ2v) is 4.76. The van der Waals surface area contributed by atoms with Crippen LogP contribution in [0.25, 0.3) is 0 Å². The first-order valence-electron chi connectivity index (χ1n) is 5.66. The summed E-state index contributed by atoms with van der Waals surface area (Å²) in [6.07, 6.45) is 3.03. The lowest BCUT2D eigenvalue weighted by atomic mass is 9.87. The third-order valence-corrected chi connectivity index (χ3v) is 3.70. The molecule has 0 radical (unpaired) electrons. The molecule has 0 bridgehead atoms. The van der Waals surface area contributed by atoms with Gasteiger partial charge < -0.3 is 14.8 Å². The van der Waals surface area contributed by atoms with Crippen molar-refractivity contribution in [2.24, 2.45) is 11.8 Å². The maximum atomic E-state index is 11.8.